The van der Waals surface area contributed by atoms with E-state index in [1.54, 1.807) is 34.9 Å². The summed E-state index contributed by atoms with van der Waals surface area (Å²) in [5.74, 6) is 0.467. The topological polar surface area (TPSA) is 98.1 Å². The molecule has 0 saturated carbocycles. The molecular weight excluding hydrogens is 316 g/mol. The number of H-pyrrole nitrogens is 2. The zero-order valence-electron chi connectivity index (χ0n) is 12.5. The van der Waals surface area contributed by atoms with Gasteiger partial charge in [-0.25, -0.2) is 4.79 Å². The molecule has 2 aromatic rings. The molecule has 7 nitrogen and oxygen atoms in total. The first-order chi connectivity index (χ1) is 11.0. The minimum atomic E-state index is -0.444. The number of carbonyl (C=O) groups is 2. The van der Waals surface area contributed by atoms with Gasteiger partial charge in [0.15, 0.2) is 0 Å². The van der Waals surface area contributed by atoms with Gasteiger partial charge >= 0.3 is 5.69 Å². The van der Waals surface area contributed by atoms with Gasteiger partial charge in [-0.2, -0.15) is 0 Å². The first-order valence-corrected chi connectivity index (χ1v) is 8.44. The number of fused-ring (bicyclic) bond motifs is 2. The van der Waals surface area contributed by atoms with Gasteiger partial charge in [0.05, 0.1) is 15.9 Å². The third-order valence-electron chi connectivity index (χ3n) is 4.53. The zero-order chi connectivity index (χ0) is 16.2. The van der Waals surface area contributed by atoms with E-state index in [1.807, 2.05) is 6.92 Å². The number of nitrogens with zero attached hydrogens (tertiary/aromatic N) is 1. The molecule has 2 saturated heterocycles. The summed E-state index contributed by atoms with van der Waals surface area (Å²) < 4.78 is 0. The first kappa shape index (κ1) is 14.4. The maximum Gasteiger partial charge on any atom is 0.323 e. The quantitative estimate of drug-likeness (QED) is 0.771. The van der Waals surface area contributed by atoms with Crippen LogP contribution < -0.4 is 11.0 Å². The van der Waals surface area contributed by atoms with E-state index in [0.29, 0.717) is 28.9 Å². The number of rotatable bonds is 2. The van der Waals surface area contributed by atoms with Crippen LogP contribution in [0, 0.1) is 0 Å². The number of aromatic nitrogens is 2. The van der Waals surface area contributed by atoms with Crippen LogP contribution in [0.5, 0.6) is 0 Å². The van der Waals surface area contributed by atoms with Crippen LogP contribution in [0.2, 0.25) is 0 Å². The summed E-state index contributed by atoms with van der Waals surface area (Å²) in [5.41, 5.74) is 1.64. The molecule has 2 fully saturated rings. The van der Waals surface area contributed by atoms with E-state index in [1.165, 1.54) is 0 Å². The molecule has 0 unspecified atom stereocenters. The lowest BCUT2D eigenvalue weighted by molar-refractivity contribution is -0.135. The Bertz CT molecular complexity index is 873. The molecule has 2 amide bonds. The van der Waals surface area contributed by atoms with Crippen molar-refractivity contribution in [1.29, 1.82) is 0 Å². The van der Waals surface area contributed by atoms with Crippen molar-refractivity contribution in [1.82, 2.24) is 14.9 Å². The molecule has 0 radical (unpaired) electrons. The predicted octanol–water partition coefficient (Wildman–Crippen LogP) is 1.25. The van der Waals surface area contributed by atoms with Gasteiger partial charge in [-0.05, 0) is 31.5 Å². The molecule has 8 heteroatoms. The Kier molecular flexibility index (Phi) is 3.06. The van der Waals surface area contributed by atoms with Crippen LogP contribution in [-0.2, 0) is 9.59 Å². The van der Waals surface area contributed by atoms with Gasteiger partial charge in [0, 0.05) is 17.9 Å². The lowest BCUT2D eigenvalue weighted by Gasteiger charge is -2.29. The molecule has 0 bridgehead atoms. The molecule has 1 aromatic heterocycles. The van der Waals surface area contributed by atoms with Gasteiger partial charge in [0.25, 0.3) is 0 Å². The highest BCUT2D eigenvalue weighted by molar-refractivity contribution is 8.01. The number of carbonyl (C=O) groups excluding carboxylic acids is 2. The summed E-state index contributed by atoms with van der Waals surface area (Å²) in [6.07, 6.45) is 1.29. The number of amides is 2. The van der Waals surface area contributed by atoms with Crippen molar-refractivity contribution < 1.29 is 9.59 Å². The molecule has 4 rings (SSSR count). The molecular formula is C15H16N4O3S. The van der Waals surface area contributed by atoms with E-state index in [9.17, 15) is 14.4 Å². The Morgan fingerprint density at radius 3 is 2.96 bits per heavy atom. The average Bonchev–Trinajstić information content (AvgIpc) is 3.12. The Morgan fingerprint density at radius 1 is 1.35 bits per heavy atom. The number of aromatic amines is 2. The average molecular weight is 332 g/mol. The Balaban J connectivity index is 1.57. The van der Waals surface area contributed by atoms with Gasteiger partial charge in [-0.3, -0.25) is 9.59 Å². The summed E-state index contributed by atoms with van der Waals surface area (Å²) in [5, 5.41) is 2.85. The lowest BCUT2D eigenvalue weighted by Crippen LogP contribution is -2.48. The second-order valence-electron chi connectivity index (χ2n) is 6.09. The smallest absolute Gasteiger partial charge is 0.323 e. The van der Waals surface area contributed by atoms with Crippen LogP contribution in [0.3, 0.4) is 0 Å². The lowest BCUT2D eigenvalue weighted by atomic mass is 10.2. The monoisotopic (exact) mass is 332 g/mol. The number of thioether (sulfide) groups is 1. The number of anilines is 1. The van der Waals surface area contributed by atoms with Crippen molar-refractivity contribution >= 4 is 40.3 Å². The van der Waals surface area contributed by atoms with Gasteiger partial charge in [-0.1, -0.05) is 0 Å². The van der Waals surface area contributed by atoms with Gasteiger partial charge < -0.3 is 20.2 Å². The van der Waals surface area contributed by atoms with Crippen LogP contribution in [0.1, 0.15) is 19.8 Å². The molecule has 0 aliphatic carbocycles. The molecule has 3 N–H and O–H groups in total. The van der Waals surface area contributed by atoms with Crippen LogP contribution in [0.25, 0.3) is 11.0 Å². The first-order valence-electron chi connectivity index (χ1n) is 7.45. The highest BCUT2D eigenvalue weighted by Crippen LogP contribution is 2.47. The number of imidazole rings is 1. The molecule has 2 atom stereocenters. The number of benzene rings is 1. The van der Waals surface area contributed by atoms with Crippen LogP contribution in [0.4, 0.5) is 5.69 Å². The molecule has 120 valence electrons. The third kappa shape index (κ3) is 2.24. The van der Waals surface area contributed by atoms with E-state index < -0.39 is 6.04 Å². The minimum absolute atomic E-state index is 0.0445. The number of hydrogen-bond acceptors (Lipinski definition) is 4. The Morgan fingerprint density at radius 2 is 2.13 bits per heavy atom. The molecule has 0 spiro atoms. The fourth-order valence-electron chi connectivity index (χ4n) is 3.35. The zero-order valence-corrected chi connectivity index (χ0v) is 13.3. The van der Waals surface area contributed by atoms with Gasteiger partial charge in [-0.15, -0.1) is 11.8 Å². The maximum absolute atomic E-state index is 12.6. The van der Waals surface area contributed by atoms with Crippen LogP contribution >= 0.6 is 11.8 Å². The van der Waals surface area contributed by atoms with Gasteiger partial charge in [0.2, 0.25) is 11.8 Å². The molecule has 2 aliphatic heterocycles. The second kappa shape index (κ2) is 4.89. The molecule has 1 aromatic carbocycles. The van der Waals surface area contributed by atoms with Crippen molar-refractivity contribution in [2.24, 2.45) is 0 Å². The fourth-order valence-corrected chi connectivity index (χ4v) is 4.78. The molecule has 2 aliphatic rings. The Labute approximate surface area is 135 Å². The highest BCUT2D eigenvalue weighted by atomic mass is 32.2. The Hall–Kier alpha value is -2.22. The van der Waals surface area contributed by atoms with Crippen LogP contribution in [-0.4, -0.2) is 43.3 Å². The van der Waals surface area contributed by atoms with Crippen molar-refractivity contribution in [2.45, 2.75) is 30.7 Å². The molecule has 23 heavy (non-hydrogen) atoms. The minimum Gasteiger partial charge on any atom is -0.324 e. The van der Waals surface area contributed by atoms with E-state index in [4.69, 9.17) is 0 Å². The SMILES string of the molecule is C[C@@]12CCC(=O)N1[C@H](C(=O)Nc1ccc3[nH]c(=O)[nH]c3c1)CS2. The predicted molar refractivity (Wildman–Crippen MR) is 88.3 cm³/mol. The van der Waals surface area contributed by atoms with Crippen LogP contribution in [0.15, 0.2) is 23.0 Å². The van der Waals surface area contributed by atoms with Crippen molar-refractivity contribution in [3.8, 4) is 0 Å². The summed E-state index contributed by atoms with van der Waals surface area (Å²) in [6.45, 7) is 2.02. The summed E-state index contributed by atoms with van der Waals surface area (Å²) in [4.78, 5) is 42.8. The van der Waals surface area contributed by atoms with E-state index in [2.05, 4.69) is 15.3 Å². The highest BCUT2D eigenvalue weighted by Gasteiger charge is 2.52. The van der Waals surface area contributed by atoms with Crippen molar-refractivity contribution in [2.75, 3.05) is 11.1 Å². The molecule has 3 heterocycles. The largest absolute Gasteiger partial charge is 0.324 e. The maximum atomic E-state index is 12.6. The fraction of sp³-hybridized carbons (Fsp3) is 0.400. The number of hydrogen-bond donors (Lipinski definition) is 3. The number of nitrogens with one attached hydrogen (secondary N) is 3. The van der Waals surface area contributed by atoms with Crippen molar-refractivity contribution in [3.63, 3.8) is 0 Å². The second-order valence-corrected chi connectivity index (χ2v) is 7.60. The van der Waals surface area contributed by atoms with E-state index in [-0.39, 0.29) is 22.4 Å². The van der Waals surface area contributed by atoms with Gasteiger partial charge in [0.1, 0.15) is 6.04 Å². The van der Waals surface area contributed by atoms with Crippen molar-refractivity contribution in [3.05, 3.63) is 28.7 Å². The summed E-state index contributed by atoms with van der Waals surface area (Å²) in [7, 11) is 0. The van der Waals surface area contributed by atoms with E-state index >= 15 is 0 Å². The summed E-state index contributed by atoms with van der Waals surface area (Å²) in [6, 6.07) is 4.73. The normalized spacial score (nSPS) is 26.7. The summed E-state index contributed by atoms with van der Waals surface area (Å²) >= 11 is 1.66. The standard InChI is InChI=1S/C15H16N4O3S/c1-15-5-4-12(20)19(15)11(7-23-15)13(21)16-8-2-3-9-10(6-8)18-14(22)17-9/h2-3,6,11H,4-5,7H2,1H3,(H,16,21)(H2,17,18,22)/t11-,15+/m0/s1. The van der Waals surface area contributed by atoms with E-state index in [0.717, 1.165) is 6.42 Å². The third-order valence-corrected chi connectivity index (χ3v) is 6.04.